The van der Waals surface area contributed by atoms with E-state index in [2.05, 4.69) is 13.0 Å². The van der Waals surface area contributed by atoms with E-state index in [9.17, 15) is 4.79 Å². The largest absolute Gasteiger partial charge is 0.466 e. The van der Waals surface area contributed by atoms with Crippen molar-refractivity contribution in [3.8, 4) is 0 Å². The van der Waals surface area contributed by atoms with Crippen LogP contribution in [0.5, 0.6) is 0 Å². The summed E-state index contributed by atoms with van der Waals surface area (Å²) in [6.07, 6.45) is 0.986. The van der Waals surface area contributed by atoms with Crippen molar-refractivity contribution in [3.63, 3.8) is 0 Å². The van der Waals surface area contributed by atoms with Gasteiger partial charge in [0.15, 0.2) is 0 Å². The van der Waals surface area contributed by atoms with Crippen molar-refractivity contribution < 1.29 is 9.53 Å². The maximum absolute atomic E-state index is 11.2. The van der Waals surface area contributed by atoms with E-state index in [1.54, 1.807) is 6.92 Å². The molecule has 0 saturated heterocycles. The van der Waals surface area contributed by atoms with Gasteiger partial charge in [-0.15, -0.1) is 11.6 Å². The Bertz CT molecular complexity index is 388. The average molecular weight is 255 g/mol. The number of esters is 1. The summed E-state index contributed by atoms with van der Waals surface area (Å²) in [5.74, 6) is -0.178. The van der Waals surface area contributed by atoms with Gasteiger partial charge < -0.3 is 4.74 Å². The third-order valence-electron chi connectivity index (χ3n) is 2.67. The first-order valence-electron chi connectivity index (χ1n) is 5.91. The predicted octanol–water partition coefficient (Wildman–Crippen LogP) is 3.93. The van der Waals surface area contributed by atoms with Gasteiger partial charge in [0.1, 0.15) is 0 Å². The molecule has 1 atom stereocenters. The highest BCUT2D eigenvalue weighted by Gasteiger charge is 2.13. The van der Waals surface area contributed by atoms with Gasteiger partial charge in [-0.25, -0.2) is 0 Å². The maximum atomic E-state index is 11.2. The lowest BCUT2D eigenvalue weighted by Crippen LogP contribution is -2.05. The van der Waals surface area contributed by atoms with Crippen molar-refractivity contribution in [2.75, 3.05) is 6.61 Å². The molecule has 1 aromatic carbocycles. The van der Waals surface area contributed by atoms with E-state index in [1.165, 1.54) is 11.1 Å². The van der Waals surface area contributed by atoms with Gasteiger partial charge in [0.25, 0.3) is 0 Å². The molecule has 1 aromatic rings. The van der Waals surface area contributed by atoms with E-state index < -0.39 is 0 Å². The Kier molecular flexibility index (Phi) is 5.49. The van der Waals surface area contributed by atoms with E-state index >= 15 is 0 Å². The third kappa shape index (κ3) is 4.39. The summed E-state index contributed by atoms with van der Waals surface area (Å²) in [5, 5.41) is -0.125. The number of rotatable bonds is 5. The summed E-state index contributed by atoms with van der Waals surface area (Å²) in [6.45, 7) is 6.33. The Morgan fingerprint density at radius 1 is 1.41 bits per heavy atom. The molecule has 0 aliphatic carbocycles. The molecule has 0 amide bonds. The highest BCUT2D eigenvalue weighted by molar-refractivity contribution is 6.21. The van der Waals surface area contributed by atoms with Gasteiger partial charge in [-0.3, -0.25) is 4.79 Å². The zero-order chi connectivity index (χ0) is 12.8. The van der Waals surface area contributed by atoms with E-state index in [0.717, 1.165) is 5.56 Å². The highest BCUT2D eigenvalue weighted by Crippen LogP contribution is 2.28. The molecular formula is C14H19ClO2. The van der Waals surface area contributed by atoms with Gasteiger partial charge in [-0.2, -0.15) is 0 Å². The topological polar surface area (TPSA) is 26.3 Å². The molecule has 0 aliphatic rings. The number of ether oxygens (including phenoxy) is 1. The number of hydrogen-bond donors (Lipinski definition) is 0. The van der Waals surface area contributed by atoms with Crippen molar-refractivity contribution in [2.45, 2.75) is 39.0 Å². The lowest BCUT2D eigenvalue weighted by atomic mass is 10.0. The molecule has 0 heterocycles. The molecule has 1 rings (SSSR count). The van der Waals surface area contributed by atoms with Crippen LogP contribution in [0.25, 0.3) is 0 Å². The van der Waals surface area contributed by atoms with Gasteiger partial charge in [-0.05, 0) is 38.3 Å². The Hall–Kier alpha value is -1.02. The Labute approximate surface area is 108 Å². The number of halogens is 1. The summed E-state index contributed by atoms with van der Waals surface area (Å²) in [5.41, 5.74) is 3.50. The molecule has 0 aliphatic heterocycles. The highest BCUT2D eigenvalue weighted by atomic mass is 35.5. The minimum atomic E-state index is -0.178. The molecule has 94 valence electrons. The molecular weight excluding hydrogens is 236 g/mol. The van der Waals surface area contributed by atoms with Crippen molar-refractivity contribution in [1.29, 1.82) is 0 Å². The van der Waals surface area contributed by atoms with Crippen molar-refractivity contribution in [2.24, 2.45) is 0 Å². The van der Waals surface area contributed by atoms with Crippen LogP contribution < -0.4 is 0 Å². The summed E-state index contributed by atoms with van der Waals surface area (Å²) in [7, 11) is 0. The second-order valence-electron chi connectivity index (χ2n) is 4.17. The Morgan fingerprint density at radius 3 is 2.71 bits per heavy atom. The van der Waals surface area contributed by atoms with Crippen LogP contribution in [0.4, 0.5) is 0 Å². The third-order valence-corrected chi connectivity index (χ3v) is 3.12. The number of carbonyl (C=O) groups excluding carboxylic acids is 1. The van der Waals surface area contributed by atoms with E-state index in [-0.39, 0.29) is 11.3 Å². The van der Waals surface area contributed by atoms with E-state index in [0.29, 0.717) is 19.4 Å². The van der Waals surface area contributed by atoms with Crippen LogP contribution in [0, 0.1) is 13.8 Å². The minimum absolute atomic E-state index is 0.125. The monoisotopic (exact) mass is 254 g/mol. The van der Waals surface area contributed by atoms with Crippen LogP contribution in [0.2, 0.25) is 0 Å². The first-order valence-corrected chi connectivity index (χ1v) is 6.35. The summed E-state index contributed by atoms with van der Waals surface area (Å²) in [4.78, 5) is 11.2. The van der Waals surface area contributed by atoms with Crippen LogP contribution in [0.15, 0.2) is 18.2 Å². The number of hydrogen-bond acceptors (Lipinski definition) is 2. The van der Waals surface area contributed by atoms with Crippen LogP contribution in [-0.4, -0.2) is 12.6 Å². The maximum Gasteiger partial charge on any atom is 0.305 e. The molecule has 0 N–H and O–H groups in total. The smallest absolute Gasteiger partial charge is 0.305 e. The Morgan fingerprint density at radius 2 is 2.12 bits per heavy atom. The fourth-order valence-electron chi connectivity index (χ4n) is 1.81. The van der Waals surface area contributed by atoms with Crippen LogP contribution in [0.3, 0.4) is 0 Å². The molecule has 0 radical (unpaired) electrons. The van der Waals surface area contributed by atoms with Gasteiger partial charge >= 0.3 is 5.97 Å². The van der Waals surface area contributed by atoms with Crippen molar-refractivity contribution in [3.05, 3.63) is 34.9 Å². The number of alkyl halides is 1. The Balaban J connectivity index is 2.57. The van der Waals surface area contributed by atoms with Crippen LogP contribution >= 0.6 is 11.6 Å². The zero-order valence-corrected chi connectivity index (χ0v) is 11.4. The number of aryl methyl sites for hydroxylation is 2. The van der Waals surface area contributed by atoms with Crippen LogP contribution in [0.1, 0.15) is 41.8 Å². The molecule has 0 bridgehead atoms. The van der Waals surface area contributed by atoms with Crippen molar-refractivity contribution >= 4 is 17.6 Å². The lowest BCUT2D eigenvalue weighted by molar-refractivity contribution is -0.143. The fourth-order valence-corrected chi connectivity index (χ4v) is 2.16. The first-order chi connectivity index (χ1) is 8.04. The SMILES string of the molecule is CCOC(=O)CCC(Cl)c1ccc(C)cc1C. The van der Waals surface area contributed by atoms with Crippen molar-refractivity contribution in [1.82, 2.24) is 0 Å². The second kappa shape index (κ2) is 6.65. The molecule has 0 saturated carbocycles. The standard InChI is InChI=1S/C14H19ClO2/c1-4-17-14(16)8-7-13(15)12-6-5-10(2)9-11(12)3/h5-6,9,13H,4,7-8H2,1-3H3. The zero-order valence-electron chi connectivity index (χ0n) is 10.6. The molecule has 2 nitrogen and oxygen atoms in total. The van der Waals surface area contributed by atoms with E-state index in [1.807, 2.05) is 19.1 Å². The molecule has 17 heavy (non-hydrogen) atoms. The predicted molar refractivity (Wildman–Crippen MR) is 70.4 cm³/mol. The van der Waals surface area contributed by atoms with Gasteiger partial charge in [0.05, 0.1) is 12.0 Å². The second-order valence-corrected chi connectivity index (χ2v) is 4.70. The van der Waals surface area contributed by atoms with E-state index in [4.69, 9.17) is 16.3 Å². The summed E-state index contributed by atoms with van der Waals surface area (Å²) < 4.78 is 4.88. The first kappa shape index (κ1) is 14.0. The number of carbonyl (C=O) groups is 1. The fraction of sp³-hybridized carbons (Fsp3) is 0.500. The average Bonchev–Trinajstić information content (AvgIpc) is 2.26. The normalized spacial score (nSPS) is 12.2. The lowest BCUT2D eigenvalue weighted by Gasteiger charge is -2.13. The minimum Gasteiger partial charge on any atom is -0.466 e. The quantitative estimate of drug-likeness (QED) is 0.588. The van der Waals surface area contributed by atoms with Crippen LogP contribution in [-0.2, 0) is 9.53 Å². The number of benzene rings is 1. The molecule has 0 fully saturated rings. The van der Waals surface area contributed by atoms with Gasteiger partial charge in [0, 0.05) is 6.42 Å². The molecule has 1 unspecified atom stereocenters. The summed E-state index contributed by atoms with van der Waals surface area (Å²) >= 11 is 6.30. The van der Waals surface area contributed by atoms with Gasteiger partial charge in [0.2, 0.25) is 0 Å². The molecule has 0 aromatic heterocycles. The molecule has 0 spiro atoms. The molecule has 3 heteroatoms. The summed E-state index contributed by atoms with van der Waals surface area (Å²) in [6, 6.07) is 6.19. The van der Waals surface area contributed by atoms with Gasteiger partial charge in [-0.1, -0.05) is 23.8 Å².